The van der Waals surface area contributed by atoms with Crippen molar-refractivity contribution >= 4 is 22.9 Å². The van der Waals surface area contributed by atoms with Gasteiger partial charge in [0.15, 0.2) is 11.5 Å². The fraction of sp³-hybridized carbons (Fsp3) is 0.375. The van der Waals surface area contributed by atoms with Crippen molar-refractivity contribution in [2.75, 3.05) is 52.8 Å². The largest absolute Gasteiger partial charge is 0.493 e. The SMILES string of the molecule is COc1cc(CN2CCC(CCN3CCC(Nc4nc5ccccc5n4Cc4cccnc4)CC3)(c3ccccc3)C2=O)cc(OC)c1OC. The van der Waals surface area contributed by atoms with Crippen molar-refractivity contribution in [3.05, 3.63) is 108 Å². The van der Waals surface area contributed by atoms with E-state index in [1.54, 1.807) is 27.5 Å². The van der Waals surface area contributed by atoms with E-state index in [4.69, 9.17) is 19.2 Å². The van der Waals surface area contributed by atoms with E-state index in [-0.39, 0.29) is 5.91 Å². The monoisotopic (exact) mass is 674 g/mol. The molecule has 2 aliphatic heterocycles. The van der Waals surface area contributed by atoms with Gasteiger partial charge in [0, 0.05) is 44.6 Å². The standard InChI is InChI=1S/C40H46N6O4/c1-48-35-24-30(25-36(49-2)37(35)50-3)27-45-23-18-40(38(45)47,31-11-5-4-6-12-31)17-22-44-20-15-32(16-21-44)42-39-43-33-13-7-8-14-34(33)46(39)28-29-10-9-19-41-26-29/h4-14,19,24-26,32H,15-18,20-23,27-28H2,1-3H3,(H,42,43). The van der Waals surface area contributed by atoms with Crippen LogP contribution in [0.3, 0.4) is 0 Å². The second kappa shape index (κ2) is 14.8. The van der Waals surface area contributed by atoms with Gasteiger partial charge in [-0.25, -0.2) is 4.98 Å². The van der Waals surface area contributed by atoms with Crippen LogP contribution in [0.2, 0.25) is 0 Å². The highest BCUT2D eigenvalue weighted by Crippen LogP contribution is 2.42. The van der Waals surface area contributed by atoms with Crippen molar-refractivity contribution in [1.29, 1.82) is 0 Å². The number of rotatable bonds is 13. The summed E-state index contributed by atoms with van der Waals surface area (Å²) in [6.07, 6.45) is 7.30. The molecule has 5 aromatic rings. The molecule has 1 unspecified atom stereocenters. The Morgan fingerprint density at radius 1 is 0.840 bits per heavy atom. The number of anilines is 1. The third-order valence-electron chi connectivity index (χ3n) is 10.4. The van der Waals surface area contributed by atoms with E-state index in [1.807, 2.05) is 53.6 Å². The Bertz CT molecular complexity index is 1880. The maximum absolute atomic E-state index is 14.4. The third-order valence-corrected chi connectivity index (χ3v) is 10.4. The number of carbonyl (C=O) groups is 1. The fourth-order valence-corrected chi connectivity index (χ4v) is 7.69. The van der Waals surface area contributed by atoms with Gasteiger partial charge in [-0.2, -0.15) is 0 Å². The average molecular weight is 675 g/mol. The van der Waals surface area contributed by atoms with Crippen LogP contribution in [-0.2, 0) is 23.3 Å². The predicted molar refractivity (Wildman–Crippen MR) is 195 cm³/mol. The molecule has 0 radical (unpaired) electrons. The fourth-order valence-electron chi connectivity index (χ4n) is 7.69. The van der Waals surface area contributed by atoms with Crippen LogP contribution in [0.5, 0.6) is 17.2 Å². The lowest BCUT2D eigenvalue weighted by Gasteiger charge is -2.36. The zero-order valence-electron chi connectivity index (χ0n) is 29.2. The van der Waals surface area contributed by atoms with Crippen LogP contribution in [0.1, 0.15) is 42.4 Å². The van der Waals surface area contributed by atoms with Crippen LogP contribution in [0.4, 0.5) is 5.95 Å². The first-order valence-corrected chi connectivity index (χ1v) is 17.5. The van der Waals surface area contributed by atoms with E-state index >= 15 is 0 Å². The Morgan fingerprint density at radius 2 is 1.58 bits per heavy atom. The summed E-state index contributed by atoms with van der Waals surface area (Å²) >= 11 is 0. The number of hydrogen-bond acceptors (Lipinski definition) is 8. The number of ether oxygens (including phenoxy) is 3. The molecular weight excluding hydrogens is 628 g/mol. The van der Waals surface area contributed by atoms with E-state index in [2.05, 4.69) is 56.2 Å². The van der Waals surface area contributed by atoms with Crippen molar-refractivity contribution < 1.29 is 19.0 Å². The van der Waals surface area contributed by atoms with Crippen LogP contribution in [0.15, 0.2) is 91.3 Å². The van der Waals surface area contributed by atoms with Gasteiger partial charge >= 0.3 is 0 Å². The molecule has 0 spiro atoms. The van der Waals surface area contributed by atoms with E-state index in [1.165, 1.54) is 0 Å². The number of piperidine rings is 1. The third kappa shape index (κ3) is 6.72. The van der Waals surface area contributed by atoms with Crippen molar-refractivity contribution in [3.63, 3.8) is 0 Å². The molecule has 2 aromatic heterocycles. The quantitative estimate of drug-likeness (QED) is 0.159. The van der Waals surface area contributed by atoms with Crippen molar-refractivity contribution in [1.82, 2.24) is 24.3 Å². The summed E-state index contributed by atoms with van der Waals surface area (Å²) in [5.41, 5.74) is 4.73. The van der Waals surface area contributed by atoms with Crippen LogP contribution >= 0.6 is 0 Å². The van der Waals surface area contributed by atoms with Gasteiger partial charge in [0.05, 0.1) is 44.3 Å². The molecular formula is C40H46N6O4. The normalized spacial score (nSPS) is 18.5. The summed E-state index contributed by atoms with van der Waals surface area (Å²) in [4.78, 5) is 28.2. The summed E-state index contributed by atoms with van der Waals surface area (Å²) in [6, 6.07) is 26.9. The highest BCUT2D eigenvalue weighted by atomic mass is 16.5. The number of nitrogens with zero attached hydrogens (tertiary/aromatic N) is 5. The van der Waals surface area contributed by atoms with Crippen LogP contribution in [0.25, 0.3) is 11.0 Å². The number of methoxy groups -OCH3 is 3. The van der Waals surface area contributed by atoms with Gasteiger partial charge in [0.25, 0.3) is 0 Å². The molecule has 0 aliphatic carbocycles. The average Bonchev–Trinajstić information content (AvgIpc) is 3.67. The Labute approximate surface area is 294 Å². The first kappa shape index (κ1) is 33.4. The van der Waals surface area contributed by atoms with Crippen LogP contribution in [-0.4, -0.2) is 83.8 Å². The number of hydrogen-bond donors (Lipinski definition) is 1. The molecule has 2 fully saturated rings. The van der Waals surface area contributed by atoms with Gasteiger partial charge in [0.1, 0.15) is 0 Å². The predicted octanol–water partition coefficient (Wildman–Crippen LogP) is 6.14. The first-order valence-electron chi connectivity index (χ1n) is 17.5. The molecule has 10 heteroatoms. The van der Waals surface area contributed by atoms with E-state index in [9.17, 15) is 4.79 Å². The molecule has 2 saturated heterocycles. The number of imidazole rings is 1. The molecule has 0 saturated carbocycles. The molecule has 1 amide bonds. The summed E-state index contributed by atoms with van der Waals surface area (Å²) in [7, 11) is 4.82. The van der Waals surface area contributed by atoms with Gasteiger partial charge in [-0.15, -0.1) is 0 Å². The van der Waals surface area contributed by atoms with Crippen LogP contribution < -0.4 is 19.5 Å². The van der Waals surface area contributed by atoms with E-state index in [0.717, 1.165) is 79.0 Å². The second-order valence-electron chi connectivity index (χ2n) is 13.3. The number of carbonyl (C=O) groups excluding carboxylic acids is 1. The Kier molecular flexibility index (Phi) is 9.89. The number of benzene rings is 3. The molecule has 4 heterocycles. The Hall–Kier alpha value is -5.09. The van der Waals surface area contributed by atoms with Gasteiger partial charge in [0.2, 0.25) is 17.6 Å². The Balaban J connectivity index is 1.02. The molecule has 3 aromatic carbocycles. The van der Waals surface area contributed by atoms with Crippen molar-refractivity contribution in [2.45, 2.75) is 50.2 Å². The van der Waals surface area contributed by atoms with Crippen molar-refractivity contribution in [2.24, 2.45) is 0 Å². The van der Waals surface area contributed by atoms with Crippen molar-refractivity contribution in [3.8, 4) is 17.2 Å². The maximum Gasteiger partial charge on any atom is 0.233 e. The molecule has 1 N–H and O–H groups in total. The topological polar surface area (TPSA) is 94.0 Å². The highest BCUT2D eigenvalue weighted by Gasteiger charge is 2.47. The molecule has 260 valence electrons. The molecule has 7 rings (SSSR count). The summed E-state index contributed by atoms with van der Waals surface area (Å²) in [6.45, 7) is 4.68. The number of likely N-dealkylation sites (tertiary alicyclic amines) is 2. The van der Waals surface area contributed by atoms with Crippen LogP contribution in [0, 0.1) is 0 Å². The molecule has 10 nitrogen and oxygen atoms in total. The van der Waals surface area contributed by atoms with E-state index < -0.39 is 5.41 Å². The van der Waals surface area contributed by atoms with E-state index in [0.29, 0.717) is 42.9 Å². The number of pyridine rings is 1. The van der Waals surface area contributed by atoms with Gasteiger partial charge in [-0.1, -0.05) is 48.5 Å². The Morgan fingerprint density at radius 3 is 2.28 bits per heavy atom. The minimum atomic E-state index is -0.561. The minimum Gasteiger partial charge on any atom is -0.493 e. The summed E-state index contributed by atoms with van der Waals surface area (Å²) in [5.74, 6) is 2.81. The highest BCUT2D eigenvalue weighted by molar-refractivity contribution is 5.90. The lowest BCUT2D eigenvalue weighted by Crippen LogP contribution is -2.44. The smallest absolute Gasteiger partial charge is 0.233 e. The zero-order chi connectivity index (χ0) is 34.5. The lowest BCUT2D eigenvalue weighted by molar-refractivity contribution is -0.133. The number of nitrogens with one attached hydrogen (secondary N) is 1. The maximum atomic E-state index is 14.4. The molecule has 50 heavy (non-hydrogen) atoms. The van der Waals surface area contributed by atoms with Gasteiger partial charge in [-0.05, 0) is 79.3 Å². The lowest BCUT2D eigenvalue weighted by atomic mass is 9.76. The summed E-state index contributed by atoms with van der Waals surface area (Å²) in [5, 5.41) is 3.79. The summed E-state index contributed by atoms with van der Waals surface area (Å²) < 4.78 is 18.9. The number of amides is 1. The zero-order valence-corrected chi connectivity index (χ0v) is 29.2. The second-order valence-corrected chi connectivity index (χ2v) is 13.3. The molecule has 2 aliphatic rings. The first-order chi connectivity index (χ1) is 24.5. The number of aromatic nitrogens is 3. The minimum absolute atomic E-state index is 0.182. The molecule has 0 bridgehead atoms. The number of para-hydroxylation sites is 2. The van der Waals surface area contributed by atoms with Gasteiger partial charge in [-0.3, -0.25) is 9.78 Å². The number of fused-ring (bicyclic) bond motifs is 1. The molecule has 1 atom stereocenters. The van der Waals surface area contributed by atoms with Gasteiger partial charge < -0.3 is 33.9 Å².